The van der Waals surface area contributed by atoms with E-state index in [1.807, 2.05) is 6.08 Å². The van der Waals surface area contributed by atoms with Crippen molar-refractivity contribution in [3.05, 3.63) is 46.9 Å². The van der Waals surface area contributed by atoms with Crippen LogP contribution >= 0.6 is 11.6 Å². The van der Waals surface area contributed by atoms with E-state index in [0.29, 0.717) is 35.1 Å². The number of piperidine rings is 1. The van der Waals surface area contributed by atoms with Gasteiger partial charge in [-0.3, -0.25) is 0 Å². The summed E-state index contributed by atoms with van der Waals surface area (Å²) < 4.78 is 32.2. The Morgan fingerprint density at radius 1 is 1.18 bits per heavy atom. The van der Waals surface area contributed by atoms with Gasteiger partial charge in [0, 0.05) is 6.04 Å². The van der Waals surface area contributed by atoms with Crippen molar-refractivity contribution < 1.29 is 8.78 Å². The highest BCUT2D eigenvalue weighted by Gasteiger charge is 2.50. The van der Waals surface area contributed by atoms with Gasteiger partial charge in [-0.2, -0.15) is 19.6 Å². The van der Waals surface area contributed by atoms with Crippen LogP contribution in [0.3, 0.4) is 0 Å². The van der Waals surface area contributed by atoms with Crippen LogP contribution < -0.4 is 10.6 Å². The summed E-state index contributed by atoms with van der Waals surface area (Å²) >= 11 is 6.47. The highest BCUT2D eigenvalue weighted by atomic mass is 35.5. The van der Waals surface area contributed by atoms with Crippen LogP contribution in [-0.2, 0) is 0 Å². The van der Waals surface area contributed by atoms with E-state index >= 15 is 8.78 Å². The Labute approximate surface area is 195 Å². The maximum Gasteiger partial charge on any atom is 0.255 e. The number of nitrogens with one attached hydrogen (secondary N) is 2. The summed E-state index contributed by atoms with van der Waals surface area (Å²) in [6.07, 6.45) is 8.67. The summed E-state index contributed by atoms with van der Waals surface area (Å²) in [5.41, 5.74) is 0.446. The van der Waals surface area contributed by atoms with Gasteiger partial charge in [0.15, 0.2) is 0 Å². The van der Waals surface area contributed by atoms with E-state index in [1.54, 1.807) is 0 Å². The third-order valence-electron chi connectivity index (χ3n) is 7.59. The molecule has 2 saturated carbocycles. The molecule has 0 amide bonds. The van der Waals surface area contributed by atoms with Gasteiger partial charge in [-0.25, -0.2) is 8.78 Å². The predicted molar refractivity (Wildman–Crippen MR) is 124 cm³/mol. The van der Waals surface area contributed by atoms with Gasteiger partial charge in [-0.1, -0.05) is 30.2 Å². The van der Waals surface area contributed by atoms with Gasteiger partial charge >= 0.3 is 0 Å². The van der Waals surface area contributed by atoms with Gasteiger partial charge in [0.25, 0.3) is 5.78 Å². The largest absolute Gasteiger partial charge is 0.367 e. The van der Waals surface area contributed by atoms with Crippen LogP contribution in [0.2, 0.25) is 5.15 Å². The molecule has 1 unspecified atom stereocenters. The number of benzene rings is 1. The van der Waals surface area contributed by atoms with Crippen LogP contribution in [0.4, 0.5) is 14.6 Å². The Morgan fingerprint density at radius 3 is 2.58 bits per heavy atom. The highest BCUT2D eigenvalue weighted by Crippen LogP contribution is 2.49. The topological polar surface area (TPSA) is 67.1 Å². The third-order valence-corrected chi connectivity index (χ3v) is 7.86. The van der Waals surface area contributed by atoms with E-state index in [4.69, 9.17) is 11.6 Å². The smallest absolute Gasteiger partial charge is 0.255 e. The lowest BCUT2D eigenvalue weighted by molar-refractivity contribution is 0.284. The number of allylic oxidation sites excluding steroid dienone is 1. The molecule has 6 nitrogen and oxygen atoms in total. The van der Waals surface area contributed by atoms with E-state index in [-0.39, 0.29) is 28.1 Å². The zero-order valence-electron chi connectivity index (χ0n) is 18.2. The molecule has 1 saturated heterocycles. The van der Waals surface area contributed by atoms with Gasteiger partial charge in [0.2, 0.25) is 0 Å². The summed E-state index contributed by atoms with van der Waals surface area (Å²) in [5, 5.41) is 11.0. The number of hydrogen-bond acceptors (Lipinski definition) is 5. The second kappa shape index (κ2) is 8.02. The van der Waals surface area contributed by atoms with E-state index < -0.39 is 11.6 Å². The van der Waals surface area contributed by atoms with E-state index in [9.17, 15) is 0 Å². The molecule has 33 heavy (non-hydrogen) atoms. The SMILES string of the molecule is C[C@@H](Nc1c(-c2c(F)cc(/C=C/C3[C@H]4CNC[C@@H]34)cc2F)c(Cl)nc2ncnn12)C1CCC1. The summed E-state index contributed by atoms with van der Waals surface area (Å²) in [5.74, 6) is 1.60. The molecule has 2 aromatic heterocycles. The second-order valence-corrected chi connectivity index (χ2v) is 9.86. The Kier molecular flexibility index (Phi) is 5.10. The molecule has 3 aromatic rings. The van der Waals surface area contributed by atoms with Crippen molar-refractivity contribution in [1.82, 2.24) is 24.9 Å². The molecule has 0 radical (unpaired) electrons. The monoisotopic (exact) mass is 470 g/mol. The third kappa shape index (κ3) is 3.60. The number of nitrogens with zero attached hydrogens (tertiary/aromatic N) is 4. The van der Waals surface area contributed by atoms with Crippen molar-refractivity contribution in [1.29, 1.82) is 0 Å². The van der Waals surface area contributed by atoms with Crippen molar-refractivity contribution in [2.45, 2.75) is 32.2 Å². The fourth-order valence-corrected chi connectivity index (χ4v) is 5.61. The number of fused-ring (bicyclic) bond motifs is 2. The molecule has 9 heteroatoms. The first-order valence-corrected chi connectivity index (χ1v) is 11.9. The molecule has 2 N–H and O–H groups in total. The van der Waals surface area contributed by atoms with Gasteiger partial charge in [0.05, 0.1) is 11.1 Å². The molecular weight excluding hydrogens is 446 g/mol. The summed E-state index contributed by atoms with van der Waals surface area (Å²) in [6, 6.07) is 2.79. The Hall–Kier alpha value is -2.58. The Morgan fingerprint density at radius 2 is 1.91 bits per heavy atom. The molecule has 2 aliphatic carbocycles. The predicted octanol–water partition coefficient (Wildman–Crippen LogP) is 4.80. The standard InChI is InChI=1S/C24H25ClF2N6/c1-12(14-3-2-4-14)31-23-21(22(25)32-24-29-11-30-33(23)24)20-18(26)7-13(8-19(20)27)5-6-15-16-9-28-10-17(15)16/h5-8,11-12,14-17,28,31H,2-4,9-10H2,1H3/b6-5+/t12-,15?,16-,17+/m1/s1. The molecule has 4 atom stereocenters. The van der Waals surface area contributed by atoms with Crippen LogP contribution in [0.1, 0.15) is 31.7 Å². The maximum atomic E-state index is 15.4. The number of rotatable bonds is 6. The van der Waals surface area contributed by atoms with Crippen LogP contribution in [0, 0.1) is 35.3 Å². The summed E-state index contributed by atoms with van der Waals surface area (Å²) in [7, 11) is 0. The second-order valence-electron chi connectivity index (χ2n) is 9.50. The average Bonchev–Trinajstić information content (AvgIpc) is 3.09. The maximum absolute atomic E-state index is 15.4. The molecule has 1 aromatic carbocycles. The average molecular weight is 471 g/mol. The van der Waals surface area contributed by atoms with Crippen LogP contribution in [0.25, 0.3) is 23.0 Å². The number of halogens is 3. The lowest BCUT2D eigenvalue weighted by Crippen LogP contribution is -2.32. The Bertz CT molecular complexity index is 1220. The minimum Gasteiger partial charge on any atom is -0.367 e. The van der Waals surface area contributed by atoms with Gasteiger partial charge in [-0.05, 0) is 74.2 Å². The van der Waals surface area contributed by atoms with E-state index in [2.05, 4.69) is 38.7 Å². The van der Waals surface area contributed by atoms with Crippen LogP contribution in [0.15, 0.2) is 24.5 Å². The van der Waals surface area contributed by atoms with Crippen LogP contribution in [-0.4, -0.2) is 38.7 Å². The Balaban J connectivity index is 1.39. The van der Waals surface area contributed by atoms with Crippen molar-refractivity contribution in [3.8, 4) is 11.1 Å². The zero-order valence-corrected chi connectivity index (χ0v) is 19.0. The van der Waals surface area contributed by atoms with Gasteiger partial charge in [0.1, 0.15) is 28.9 Å². The number of hydrogen-bond donors (Lipinski definition) is 2. The first-order chi connectivity index (χ1) is 16.0. The molecule has 0 spiro atoms. The van der Waals surface area contributed by atoms with E-state index in [1.165, 1.54) is 29.4 Å². The molecule has 3 heterocycles. The number of anilines is 1. The molecule has 3 fully saturated rings. The summed E-state index contributed by atoms with van der Waals surface area (Å²) in [4.78, 5) is 8.33. The lowest BCUT2D eigenvalue weighted by atomic mass is 9.80. The fraction of sp³-hybridized carbons (Fsp3) is 0.458. The lowest BCUT2D eigenvalue weighted by Gasteiger charge is -2.33. The fourth-order valence-electron chi connectivity index (χ4n) is 5.35. The van der Waals surface area contributed by atoms with E-state index in [0.717, 1.165) is 25.9 Å². The molecule has 172 valence electrons. The first kappa shape index (κ1) is 21.0. The molecular formula is C24H25ClF2N6. The first-order valence-electron chi connectivity index (χ1n) is 11.6. The van der Waals surface area contributed by atoms with Gasteiger partial charge in [-0.15, -0.1) is 0 Å². The molecule has 6 rings (SSSR count). The van der Waals surface area contributed by atoms with Crippen molar-refractivity contribution in [2.24, 2.45) is 23.7 Å². The molecule has 3 aliphatic rings. The van der Waals surface area contributed by atoms with Gasteiger partial charge < -0.3 is 10.6 Å². The zero-order chi connectivity index (χ0) is 22.7. The van der Waals surface area contributed by atoms with Crippen molar-refractivity contribution in [3.63, 3.8) is 0 Å². The van der Waals surface area contributed by atoms with Crippen molar-refractivity contribution in [2.75, 3.05) is 18.4 Å². The van der Waals surface area contributed by atoms with Crippen LogP contribution in [0.5, 0.6) is 0 Å². The minimum absolute atomic E-state index is 0.0155. The molecule has 0 bridgehead atoms. The number of aromatic nitrogens is 4. The molecule has 1 aliphatic heterocycles. The van der Waals surface area contributed by atoms with Crippen molar-refractivity contribution >= 4 is 29.3 Å². The summed E-state index contributed by atoms with van der Waals surface area (Å²) in [6.45, 7) is 4.10. The normalized spacial score (nSPS) is 25.4. The quantitative estimate of drug-likeness (QED) is 0.506. The minimum atomic E-state index is -0.685. The highest BCUT2D eigenvalue weighted by molar-refractivity contribution is 6.33.